The summed E-state index contributed by atoms with van der Waals surface area (Å²) >= 11 is 0. The Labute approximate surface area is 187 Å². The molecule has 0 amide bonds. The van der Waals surface area contributed by atoms with Gasteiger partial charge in [0.15, 0.2) is 6.29 Å². The van der Waals surface area contributed by atoms with Crippen molar-refractivity contribution in [3.05, 3.63) is 0 Å². The van der Waals surface area contributed by atoms with Crippen molar-refractivity contribution in [2.45, 2.75) is 103 Å². The highest BCUT2D eigenvalue weighted by Gasteiger charge is 2.70. The number of carbonyl (C=O) groups excluding carboxylic acids is 1. The quantitative estimate of drug-likeness (QED) is 0.673. The third-order valence-corrected chi connectivity index (χ3v) is 11.5. The largest absolute Gasteiger partial charge is 0.390 e. The standard InChI is InChI=1S/C27H42O4/c1-17(28)19-8-9-20-18-6-7-22-23-15-27(23,29)13-12-26(22,21(18)10-11-25(19,20)2)16-31-24-5-3-4-14-30-24/h18-24,29H,3-16H2,1-2H3/t18-,19+,20-,21-,22-,23?,24?,25+,26?,27-/m0/s1. The maximum atomic E-state index is 12.5. The number of Topliss-reactive ketones (excluding diaryl/α,β-unsaturated/α-hetero) is 1. The third-order valence-electron chi connectivity index (χ3n) is 11.5. The molecule has 6 rings (SSSR count). The van der Waals surface area contributed by atoms with E-state index >= 15 is 0 Å². The highest BCUT2D eigenvalue weighted by atomic mass is 16.7. The Morgan fingerprint density at radius 1 is 0.968 bits per heavy atom. The average Bonchev–Trinajstić information content (AvgIpc) is 3.32. The number of hydrogen-bond donors (Lipinski definition) is 1. The molecule has 0 spiro atoms. The van der Waals surface area contributed by atoms with Crippen molar-refractivity contribution < 1.29 is 19.4 Å². The van der Waals surface area contributed by atoms with Gasteiger partial charge in [0.05, 0.1) is 12.2 Å². The molecule has 0 aromatic heterocycles. The summed E-state index contributed by atoms with van der Waals surface area (Å²) in [4.78, 5) is 12.5. The predicted molar refractivity (Wildman–Crippen MR) is 118 cm³/mol. The third kappa shape index (κ3) is 3.06. The molecule has 6 fully saturated rings. The normalized spacial score (nSPS) is 55.5. The number of fused-ring (bicyclic) bond motifs is 7. The monoisotopic (exact) mass is 430 g/mol. The number of ketones is 1. The molecule has 1 aliphatic heterocycles. The van der Waals surface area contributed by atoms with Crippen LogP contribution in [0.5, 0.6) is 0 Å². The summed E-state index contributed by atoms with van der Waals surface area (Å²) < 4.78 is 12.5. The predicted octanol–water partition coefficient (Wildman–Crippen LogP) is 5.12. The fourth-order valence-corrected chi connectivity index (χ4v) is 9.93. The first kappa shape index (κ1) is 21.1. The lowest BCUT2D eigenvalue weighted by Crippen LogP contribution is -2.58. The van der Waals surface area contributed by atoms with Gasteiger partial charge >= 0.3 is 0 Å². The molecule has 0 aromatic rings. The lowest BCUT2D eigenvalue weighted by molar-refractivity contribution is -0.221. The minimum absolute atomic E-state index is 0.0217. The smallest absolute Gasteiger partial charge is 0.157 e. The Hall–Kier alpha value is -0.450. The topological polar surface area (TPSA) is 55.8 Å². The van der Waals surface area contributed by atoms with Gasteiger partial charge in [-0.15, -0.1) is 0 Å². The van der Waals surface area contributed by atoms with E-state index in [1.165, 1.54) is 38.5 Å². The lowest BCUT2D eigenvalue weighted by Gasteiger charge is -2.61. The van der Waals surface area contributed by atoms with Gasteiger partial charge < -0.3 is 14.6 Å². The van der Waals surface area contributed by atoms with Crippen molar-refractivity contribution in [2.24, 2.45) is 46.3 Å². The molecule has 3 unspecified atom stereocenters. The molecular formula is C27H42O4. The molecule has 0 bridgehead atoms. The van der Waals surface area contributed by atoms with Crippen molar-refractivity contribution in [2.75, 3.05) is 13.2 Å². The van der Waals surface area contributed by atoms with Crippen molar-refractivity contribution in [3.63, 3.8) is 0 Å². The molecule has 1 heterocycles. The van der Waals surface area contributed by atoms with Crippen LogP contribution in [0.25, 0.3) is 0 Å². The summed E-state index contributed by atoms with van der Waals surface area (Å²) in [5.74, 6) is 3.95. The van der Waals surface area contributed by atoms with Gasteiger partial charge in [0.25, 0.3) is 0 Å². The van der Waals surface area contributed by atoms with Crippen LogP contribution in [-0.2, 0) is 14.3 Å². The summed E-state index contributed by atoms with van der Waals surface area (Å²) in [6.07, 6.45) is 13.8. The van der Waals surface area contributed by atoms with E-state index in [0.717, 1.165) is 57.7 Å². The van der Waals surface area contributed by atoms with Gasteiger partial charge in [-0.05, 0) is 119 Å². The van der Waals surface area contributed by atoms with Crippen LogP contribution >= 0.6 is 0 Å². The molecule has 1 N–H and O–H groups in total. The van der Waals surface area contributed by atoms with E-state index in [-0.39, 0.29) is 28.6 Å². The van der Waals surface area contributed by atoms with E-state index in [1.807, 2.05) is 6.92 Å². The molecule has 10 atom stereocenters. The van der Waals surface area contributed by atoms with E-state index in [0.29, 0.717) is 29.5 Å². The molecule has 5 aliphatic carbocycles. The van der Waals surface area contributed by atoms with Gasteiger partial charge in [0, 0.05) is 17.9 Å². The Balaban J connectivity index is 1.29. The highest BCUT2D eigenvalue weighted by molar-refractivity contribution is 5.79. The first-order chi connectivity index (χ1) is 14.9. The molecular weight excluding hydrogens is 388 g/mol. The van der Waals surface area contributed by atoms with E-state index in [9.17, 15) is 9.90 Å². The Kier molecular flexibility index (Phi) is 4.95. The van der Waals surface area contributed by atoms with Crippen LogP contribution in [0.3, 0.4) is 0 Å². The molecule has 5 saturated carbocycles. The highest BCUT2D eigenvalue weighted by Crippen LogP contribution is 2.72. The maximum absolute atomic E-state index is 12.5. The van der Waals surface area contributed by atoms with E-state index in [2.05, 4.69) is 6.92 Å². The van der Waals surface area contributed by atoms with Gasteiger partial charge in [0.2, 0.25) is 0 Å². The molecule has 0 radical (unpaired) electrons. The lowest BCUT2D eigenvalue weighted by atomic mass is 9.44. The first-order valence-electron chi connectivity index (χ1n) is 13.3. The Morgan fingerprint density at radius 2 is 1.81 bits per heavy atom. The zero-order valence-electron chi connectivity index (χ0n) is 19.6. The minimum atomic E-state index is -0.362. The number of rotatable bonds is 4. The zero-order valence-corrected chi connectivity index (χ0v) is 19.6. The van der Waals surface area contributed by atoms with Gasteiger partial charge in [-0.2, -0.15) is 0 Å². The summed E-state index contributed by atoms with van der Waals surface area (Å²) in [5, 5.41) is 11.0. The van der Waals surface area contributed by atoms with Gasteiger partial charge in [-0.3, -0.25) is 4.79 Å². The average molecular weight is 431 g/mol. The SMILES string of the molecule is CC(=O)[C@H]1CC[C@H]2[C@@H]3CC[C@H]4C5C[C@@]5(O)CCC4(COC4CCCCO4)[C@H]3CC[C@]12C. The van der Waals surface area contributed by atoms with Gasteiger partial charge in [-0.25, -0.2) is 0 Å². The molecule has 4 nitrogen and oxygen atoms in total. The van der Waals surface area contributed by atoms with Gasteiger partial charge in [-0.1, -0.05) is 6.92 Å². The maximum Gasteiger partial charge on any atom is 0.157 e. The van der Waals surface area contributed by atoms with Crippen molar-refractivity contribution in [1.82, 2.24) is 0 Å². The molecule has 174 valence electrons. The fourth-order valence-electron chi connectivity index (χ4n) is 9.93. The number of aliphatic hydroxyl groups is 1. The Morgan fingerprint density at radius 3 is 2.58 bits per heavy atom. The summed E-state index contributed by atoms with van der Waals surface area (Å²) in [6, 6.07) is 0. The molecule has 1 saturated heterocycles. The van der Waals surface area contributed by atoms with Crippen molar-refractivity contribution >= 4 is 5.78 Å². The van der Waals surface area contributed by atoms with E-state index < -0.39 is 0 Å². The van der Waals surface area contributed by atoms with Crippen LogP contribution < -0.4 is 0 Å². The number of hydrogen-bond acceptors (Lipinski definition) is 4. The Bertz CT molecular complexity index is 731. The van der Waals surface area contributed by atoms with Crippen LogP contribution in [0.2, 0.25) is 0 Å². The van der Waals surface area contributed by atoms with Crippen LogP contribution in [0.1, 0.15) is 90.9 Å². The van der Waals surface area contributed by atoms with Crippen molar-refractivity contribution in [3.8, 4) is 0 Å². The summed E-state index contributed by atoms with van der Waals surface area (Å²) in [6.45, 7) is 5.94. The van der Waals surface area contributed by atoms with E-state index in [1.54, 1.807) is 0 Å². The van der Waals surface area contributed by atoms with Crippen LogP contribution in [0, 0.1) is 46.3 Å². The fraction of sp³-hybridized carbons (Fsp3) is 0.963. The molecule has 6 aliphatic rings. The van der Waals surface area contributed by atoms with Gasteiger partial charge in [0.1, 0.15) is 5.78 Å². The van der Waals surface area contributed by atoms with Crippen LogP contribution in [0.4, 0.5) is 0 Å². The number of ether oxygens (including phenoxy) is 2. The summed E-state index contributed by atoms with van der Waals surface area (Å²) in [5.41, 5.74) is 0.0642. The van der Waals surface area contributed by atoms with Crippen LogP contribution in [0.15, 0.2) is 0 Å². The number of carbonyl (C=O) groups is 1. The van der Waals surface area contributed by atoms with Crippen LogP contribution in [-0.4, -0.2) is 36.0 Å². The van der Waals surface area contributed by atoms with Crippen molar-refractivity contribution in [1.29, 1.82) is 0 Å². The molecule has 4 heteroatoms. The second kappa shape index (κ2) is 7.27. The minimum Gasteiger partial charge on any atom is -0.390 e. The molecule has 0 aromatic carbocycles. The first-order valence-corrected chi connectivity index (χ1v) is 13.3. The second-order valence-electron chi connectivity index (χ2n) is 12.6. The summed E-state index contributed by atoms with van der Waals surface area (Å²) in [7, 11) is 0. The molecule has 31 heavy (non-hydrogen) atoms. The zero-order chi connectivity index (χ0) is 21.4. The second-order valence-corrected chi connectivity index (χ2v) is 12.6. The van der Waals surface area contributed by atoms with E-state index in [4.69, 9.17) is 9.47 Å².